The van der Waals surface area contributed by atoms with Crippen LogP contribution in [0.3, 0.4) is 0 Å². The van der Waals surface area contributed by atoms with Crippen LogP contribution in [0.5, 0.6) is 0 Å². The Bertz CT molecular complexity index is 583. The number of hydrogen-bond donors (Lipinski definition) is 3. The number of anilines is 1. The van der Waals surface area contributed by atoms with E-state index >= 15 is 0 Å². The lowest BCUT2D eigenvalue weighted by Crippen LogP contribution is -2.40. The average molecular weight is 298 g/mol. The molecule has 1 aromatic carbocycles. The molecular weight excluding hydrogens is 280 g/mol. The second kappa shape index (κ2) is 5.80. The van der Waals surface area contributed by atoms with Gasteiger partial charge < -0.3 is 10.8 Å². The Balaban J connectivity index is 2.13. The van der Waals surface area contributed by atoms with Crippen LogP contribution >= 0.6 is 0 Å². The van der Waals surface area contributed by atoms with Crippen LogP contribution in [0.2, 0.25) is 0 Å². The van der Waals surface area contributed by atoms with Crippen LogP contribution < -0.4 is 10.5 Å². The lowest BCUT2D eigenvalue weighted by molar-refractivity contribution is 0.1000. The third kappa shape index (κ3) is 3.29. The van der Waals surface area contributed by atoms with Crippen LogP contribution in [-0.4, -0.2) is 30.8 Å². The monoisotopic (exact) mass is 298 g/mol. The number of hydrogen-bond acceptors (Lipinski definition) is 4. The zero-order chi connectivity index (χ0) is 14.8. The van der Waals surface area contributed by atoms with E-state index in [1.54, 1.807) is 0 Å². The van der Waals surface area contributed by atoms with Crippen molar-refractivity contribution in [1.82, 2.24) is 0 Å². The van der Waals surface area contributed by atoms with Crippen molar-refractivity contribution >= 4 is 21.6 Å². The third-order valence-electron chi connectivity index (χ3n) is 3.50. The van der Waals surface area contributed by atoms with E-state index < -0.39 is 27.3 Å². The number of rotatable bonds is 4. The Kier molecular flexibility index (Phi) is 4.29. The lowest BCUT2D eigenvalue weighted by atomic mass is 9.97. The predicted molar refractivity (Wildman–Crippen MR) is 75.8 cm³/mol. The van der Waals surface area contributed by atoms with Crippen molar-refractivity contribution in [3.05, 3.63) is 29.8 Å². The highest BCUT2D eigenvalue weighted by Gasteiger charge is 2.34. The molecule has 0 heterocycles. The van der Waals surface area contributed by atoms with Crippen molar-refractivity contribution in [1.29, 1.82) is 0 Å². The molecule has 4 N–H and O–H groups in total. The molecule has 1 amide bonds. The fourth-order valence-electron chi connectivity index (χ4n) is 2.38. The Hall–Kier alpha value is -1.60. The first-order chi connectivity index (χ1) is 9.40. The Morgan fingerprint density at radius 3 is 2.35 bits per heavy atom. The van der Waals surface area contributed by atoms with E-state index in [1.165, 1.54) is 24.3 Å². The van der Waals surface area contributed by atoms with Crippen molar-refractivity contribution in [2.24, 2.45) is 5.73 Å². The molecule has 6 nitrogen and oxygen atoms in total. The van der Waals surface area contributed by atoms with Crippen molar-refractivity contribution in [2.75, 3.05) is 4.72 Å². The number of aliphatic hydroxyl groups is 1. The van der Waals surface area contributed by atoms with Gasteiger partial charge in [0.2, 0.25) is 15.9 Å². The number of carbonyl (C=O) groups is 1. The van der Waals surface area contributed by atoms with Gasteiger partial charge in [0.05, 0.1) is 6.10 Å². The van der Waals surface area contributed by atoms with Gasteiger partial charge >= 0.3 is 0 Å². The van der Waals surface area contributed by atoms with E-state index in [0.29, 0.717) is 24.1 Å². The summed E-state index contributed by atoms with van der Waals surface area (Å²) in [5, 5.41) is 9.03. The van der Waals surface area contributed by atoms with Crippen molar-refractivity contribution in [3.63, 3.8) is 0 Å². The smallest absolute Gasteiger partial charge is 0.248 e. The largest absolute Gasteiger partial charge is 0.392 e. The molecule has 7 heteroatoms. The fraction of sp³-hybridized carbons (Fsp3) is 0.462. The number of amides is 1. The van der Waals surface area contributed by atoms with Gasteiger partial charge in [-0.25, -0.2) is 8.42 Å². The van der Waals surface area contributed by atoms with Gasteiger partial charge in [0.1, 0.15) is 5.25 Å². The molecule has 20 heavy (non-hydrogen) atoms. The molecule has 0 aromatic heterocycles. The first kappa shape index (κ1) is 14.8. The van der Waals surface area contributed by atoms with Crippen LogP contribution in [-0.2, 0) is 10.0 Å². The second-order valence-corrected chi connectivity index (χ2v) is 6.88. The standard InChI is InChI=1S/C13H18N2O4S/c14-13(17)9-5-7-10(8-6-9)15-20(18,19)12-4-2-1-3-11(12)16/h5-8,11-12,15-16H,1-4H2,(H2,14,17). The normalized spacial score (nSPS) is 23.2. The molecule has 2 unspecified atom stereocenters. The van der Waals surface area contributed by atoms with E-state index in [-0.39, 0.29) is 0 Å². The van der Waals surface area contributed by atoms with Gasteiger partial charge in [0, 0.05) is 11.3 Å². The quantitative estimate of drug-likeness (QED) is 0.764. The summed E-state index contributed by atoms with van der Waals surface area (Å²) in [7, 11) is -3.63. The van der Waals surface area contributed by atoms with Gasteiger partial charge in [-0.3, -0.25) is 9.52 Å². The Morgan fingerprint density at radius 1 is 1.20 bits per heavy atom. The number of aliphatic hydroxyl groups excluding tert-OH is 1. The lowest BCUT2D eigenvalue weighted by Gasteiger charge is -2.27. The second-order valence-electron chi connectivity index (χ2n) is 4.98. The first-order valence-corrected chi connectivity index (χ1v) is 8.04. The SMILES string of the molecule is NC(=O)c1ccc(NS(=O)(=O)C2CCCCC2O)cc1. The summed E-state index contributed by atoms with van der Waals surface area (Å²) in [5.74, 6) is -0.567. The number of nitrogens with two attached hydrogens (primary N) is 1. The molecule has 0 bridgehead atoms. The minimum Gasteiger partial charge on any atom is -0.392 e. The highest BCUT2D eigenvalue weighted by atomic mass is 32.2. The molecule has 110 valence electrons. The van der Waals surface area contributed by atoms with Crippen LogP contribution in [0.25, 0.3) is 0 Å². The molecule has 0 aliphatic heterocycles. The topological polar surface area (TPSA) is 109 Å². The molecular formula is C13H18N2O4S. The molecule has 2 atom stereocenters. The van der Waals surface area contributed by atoms with Crippen molar-refractivity contribution in [2.45, 2.75) is 37.0 Å². The van der Waals surface area contributed by atoms with E-state index in [4.69, 9.17) is 5.73 Å². The molecule has 1 aliphatic rings. The molecule has 1 saturated carbocycles. The molecule has 0 spiro atoms. The maximum atomic E-state index is 12.2. The van der Waals surface area contributed by atoms with Crippen LogP contribution in [0, 0.1) is 0 Å². The fourth-order valence-corrected chi connectivity index (χ4v) is 4.02. The van der Waals surface area contributed by atoms with Gasteiger partial charge in [-0.15, -0.1) is 0 Å². The predicted octanol–water partition coefficient (Wildman–Crippen LogP) is 0.831. The van der Waals surface area contributed by atoms with Gasteiger partial charge in [0.25, 0.3) is 0 Å². The molecule has 1 fully saturated rings. The summed E-state index contributed by atoms with van der Waals surface area (Å²) in [4.78, 5) is 10.9. The Morgan fingerprint density at radius 2 is 1.80 bits per heavy atom. The average Bonchev–Trinajstić information content (AvgIpc) is 2.39. The summed E-state index contributed by atoms with van der Waals surface area (Å²) in [6.45, 7) is 0. The van der Waals surface area contributed by atoms with E-state index in [2.05, 4.69) is 4.72 Å². The molecule has 1 aromatic rings. The maximum Gasteiger partial charge on any atom is 0.248 e. The third-order valence-corrected chi connectivity index (χ3v) is 5.36. The zero-order valence-electron chi connectivity index (χ0n) is 11.0. The molecule has 0 radical (unpaired) electrons. The van der Waals surface area contributed by atoms with E-state index in [9.17, 15) is 18.3 Å². The van der Waals surface area contributed by atoms with Gasteiger partial charge in [-0.05, 0) is 37.1 Å². The number of nitrogens with one attached hydrogen (secondary N) is 1. The minimum absolute atomic E-state index is 0.311. The molecule has 0 saturated heterocycles. The molecule has 2 rings (SSSR count). The maximum absolute atomic E-state index is 12.2. The van der Waals surface area contributed by atoms with Gasteiger partial charge in [-0.2, -0.15) is 0 Å². The van der Waals surface area contributed by atoms with Crippen LogP contribution in [0.15, 0.2) is 24.3 Å². The summed E-state index contributed by atoms with van der Waals surface area (Å²) in [6, 6.07) is 5.87. The van der Waals surface area contributed by atoms with Crippen molar-refractivity contribution in [3.8, 4) is 0 Å². The summed E-state index contributed by atoms with van der Waals surface area (Å²) < 4.78 is 26.9. The number of carbonyl (C=O) groups excluding carboxylic acids is 1. The van der Waals surface area contributed by atoms with Crippen LogP contribution in [0.1, 0.15) is 36.0 Å². The minimum atomic E-state index is -3.63. The van der Waals surface area contributed by atoms with Gasteiger partial charge in [0.15, 0.2) is 0 Å². The van der Waals surface area contributed by atoms with Gasteiger partial charge in [-0.1, -0.05) is 12.8 Å². The van der Waals surface area contributed by atoms with Crippen LogP contribution in [0.4, 0.5) is 5.69 Å². The van der Waals surface area contributed by atoms with E-state index in [1.807, 2.05) is 0 Å². The molecule has 1 aliphatic carbocycles. The zero-order valence-corrected chi connectivity index (χ0v) is 11.8. The number of sulfonamides is 1. The Labute approximate surface area is 118 Å². The highest BCUT2D eigenvalue weighted by Crippen LogP contribution is 2.25. The summed E-state index contributed by atoms with van der Waals surface area (Å²) >= 11 is 0. The number of benzene rings is 1. The number of primary amides is 1. The summed E-state index contributed by atoms with van der Waals surface area (Å²) in [6.07, 6.45) is 1.78. The van der Waals surface area contributed by atoms with Crippen molar-refractivity contribution < 1.29 is 18.3 Å². The summed E-state index contributed by atoms with van der Waals surface area (Å²) in [5.41, 5.74) is 5.78. The first-order valence-electron chi connectivity index (χ1n) is 6.50. The highest BCUT2D eigenvalue weighted by molar-refractivity contribution is 7.93. The van der Waals surface area contributed by atoms with E-state index in [0.717, 1.165) is 12.8 Å².